The number of nitrogen functional groups attached to an aromatic ring is 1. The van der Waals surface area contributed by atoms with Gasteiger partial charge in [0.15, 0.2) is 5.65 Å². The smallest absolute Gasteiger partial charge is 0.165 e. The standard InChI is InChI=1S/C9H8N6.C5H10/c10-8-1-2-11-9-7(5-14-15(8)9)6-3-12-13-4-6;1-2-4-5-3-1/h1-5H,10H2,(H,12,13);1-5H2. The van der Waals surface area contributed by atoms with E-state index in [1.54, 1.807) is 35.4 Å². The van der Waals surface area contributed by atoms with Gasteiger partial charge in [-0.25, -0.2) is 4.98 Å². The molecule has 6 heteroatoms. The van der Waals surface area contributed by atoms with Crippen LogP contribution in [0.2, 0.25) is 0 Å². The van der Waals surface area contributed by atoms with Gasteiger partial charge < -0.3 is 5.73 Å². The minimum absolute atomic E-state index is 0.565. The minimum atomic E-state index is 0.565. The molecule has 0 amide bonds. The molecule has 0 atom stereocenters. The molecule has 20 heavy (non-hydrogen) atoms. The van der Waals surface area contributed by atoms with Crippen molar-refractivity contribution in [2.75, 3.05) is 5.73 Å². The van der Waals surface area contributed by atoms with Crippen LogP contribution in [0.25, 0.3) is 16.8 Å². The molecule has 0 radical (unpaired) electrons. The van der Waals surface area contributed by atoms with Gasteiger partial charge in [-0.1, -0.05) is 32.1 Å². The summed E-state index contributed by atoms with van der Waals surface area (Å²) in [5, 5.41) is 10.8. The zero-order valence-corrected chi connectivity index (χ0v) is 11.3. The van der Waals surface area contributed by atoms with Crippen LogP contribution in [-0.4, -0.2) is 24.8 Å². The van der Waals surface area contributed by atoms with E-state index >= 15 is 0 Å². The maximum Gasteiger partial charge on any atom is 0.165 e. The van der Waals surface area contributed by atoms with E-state index in [9.17, 15) is 0 Å². The number of aromatic amines is 1. The lowest BCUT2D eigenvalue weighted by Gasteiger charge is -1.97. The van der Waals surface area contributed by atoms with E-state index < -0.39 is 0 Å². The Morgan fingerprint density at radius 2 is 1.85 bits per heavy atom. The summed E-state index contributed by atoms with van der Waals surface area (Å²) in [6.45, 7) is 0. The van der Waals surface area contributed by atoms with Gasteiger partial charge in [0.05, 0.1) is 12.4 Å². The van der Waals surface area contributed by atoms with Crippen LogP contribution in [0.1, 0.15) is 32.1 Å². The van der Waals surface area contributed by atoms with Gasteiger partial charge in [-0.05, 0) is 6.07 Å². The van der Waals surface area contributed by atoms with E-state index in [0.717, 1.165) is 16.8 Å². The van der Waals surface area contributed by atoms with E-state index in [4.69, 9.17) is 5.73 Å². The second-order valence-electron chi connectivity index (χ2n) is 4.92. The van der Waals surface area contributed by atoms with Crippen LogP contribution in [0.3, 0.4) is 0 Å². The molecule has 0 spiro atoms. The minimum Gasteiger partial charge on any atom is -0.384 e. The second-order valence-corrected chi connectivity index (χ2v) is 4.92. The van der Waals surface area contributed by atoms with Crippen molar-refractivity contribution in [2.45, 2.75) is 32.1 Å². The fourth-order valence-electron chi connectivity index (χ4n) is 2.40. The summed E-state index contributed by atoms with van der Waals surface area (Å²) in [7, 11) is 0. The lowest BCUT2D eigenvalue weighted by atomic mass is 10.2. The molecular formula is C14H18N6. The van der Waals surface area contributed by atoms with Crippen molar-refractivity contribution in [3.63, 3.8) is 0 Å². The molecule has 104 valence electrons. The largest absolute Gasteiger partial charge is 0.384 e. The highest BCUT2D eigenvalue weighted by molar-refractivity contribution is 5.76. The molecule has 3 N–H and O–H groups in total. The van der Waals surface area contributed by atoms with Gasteiger partial charge in [-0.15, -0.1) is 0 Å². The monoisotopic (exact) mass is 270 g/mol. The molecule has 1 aliphatic carbocycles. The summed E-state index contributed by atoms with van der Waals surface area (Å²) < 4.78 is 1.60. The highest BCUT2D eigenvalue weighted by atomic mass is 15.3. The zero-order chi connectivity index (χ0) is 13.8. The Kier molecular flexibility index (Phi) is 3.62. The highest BCUT2D eigenvalue weighted by Gasteiger charge is 2.09. The van der Waals surface area contributed by atoms with Crippen LogP contribution in [0, 0.1) is 0 Å². The topological polar surface area (TPSA) is 84.9 Å². The number of nitrogens with zero attached hydrogens (tertiary/aromatic N) is 4. The molecule has 1 fully saturated rings. The molecule has 0 saturated heterocycles. The van der Waals surface area contributed by atoms with Crippen LogP contribution in [-0.2, 0) is 0 Å². The lowest BCUT2D eigenvalue weighted by molar-refractivity contribution is 0.886. The Balaban J connectivity index is 0.000000205. The predicted octanol–water partition coefficient (Wildman–Crippen LogP) is 2.65. The van der Waals surface area contributed by atoms with E-state index in [1.807, 2.05) is 0 Å². The summed E-state index contributed by atoms with van der Waals surface area (Å²) in [5.74, 6) is 0.565. The van der Waals surface area contributed by atoms with Crippen LogP contribution >= 0.6 is 0 Å². The van der Waals surface area contributed by atoms with Crippen LogP contribution in [0.4, 0.5) is 5.82 Å². The van der Waals surface area contributed by atoms with Crippen LogP contribution < -0.4 is 5.73 Å². The van der Waals surface area contributed by atoms with Gasteiger partial charge >= 0.3 is 0 Å². The maximum absolute atomic E-state index is 5.76. The Labute approximate surface area is 117 Å². The molecule has 1 aliphatic rings. The molecule has 0 aromatic carbocycles. The normalized spacial score (nSPS) is 14.2. The van der Waals surface area contributed by atoms with E-state index in [1.165, 1.54) is 32.1 Å². The number of nitrogens with two attached hydrogens (primary N) is 1. The lowest BCUT2D eigenvalue weighted by Crippen LogP contribution is -1.98. The van der Waals surface area contributed by atoms with Gasteiger partial charge in [0.1, 0.15) is 5.82 Å². The first-order valence-electron chi connectivity index (χ1n) is 6.93. The summed E-state index contributed by atoms with van der Waals surface area (Å²) in [6, 6.07) is 1.71. The van der Waals surface area contributed by atoms with Gasteiger partial charge in [0.25, 0.3) is 0 Å². The SMILES string of the molecule is C1CCCC1.Nc1ccnc2c(-c3cn[nH]c3)cnn12. The molecule has 1 saturated carbocycles. The fourth-order valence-corrected chi connectivity index (χ4v) is 2.40. The Morgan fingerprint density at radius 1 is 1.10 bits per heavy atom. The highest BCUT2D eigenvalue weighted by Crippen LogP contribution is 2.22. The number of anilines is 1. The Bertz CT molecular complexity index is 658. The molecule has 0 aliphatic heterocycles. The molecule has 4 rings (SSSR count). The van der Waals surface area contributed by atoms with Crippen molar-refractivity contribution in [3.8, 4) is 11.1 Å². The average Bonchev–Trinajstić information content (AvgIpc) is 3.22. The number of hydrogen-bond acceptors (Lipinski definition) is 4. The summed E-state index contributed by atoms with van der Waals surface area (Å²) in [6.07, 6.45) is 14.4. The van der Waals surface area contributed by atoms with Crippen molar-refractivity contribution in [2.24, 2.45) is 0 Å². The van der Waals surface area contributed by atoms with Gasteiger partial charge in [0.2, 0.25) is 0 Å². The fraction of sp³-hybridized carbons (Fsp3) is 0.357. The van der Waals surface area contributed by atoms with E-state index in [-0.39, 0.29) is 0 Å². The molecule has 0 unspecified atom stereocenters. The number of aromatic nitrogens is 5. The molecular weight excluding hydrogens is 252 g/mol. The van der Waals surface area contributed by atoms with Crippen molar-refractivity contribution in [1.82, 2.24) is 24.8 Å². The zero-order valence-electron chi connectivity index (χ0n) is 11.3. The first-order valence-corrected chi connectivity index (χ1v) is 6.93. The summed E-state index contributed by atoms with van der Waals surface area (Å²) in [4.78, 5) is 4.24. The first kappa shape index (κ1) is 12.7. The van der Waals surface area contributed by atoms with Crippen molar-refractivity contribution >= 4 is 11.5 Å². The average molecular weight is 270 g/mol. The van der Waals surface area contributed by atoms with Crippen molar-refractivity contribution < 1.29 is 0 Å². The third kappa shape index (κ3) is 2.49. The van der Waals surface area contributed by atoms with Crippen molar-refractivity contribution in [1.29, 1.82) is 0 Å². The molecule has 0 bridgehead atoms. The quantitative estimate of drug-likeness (QED) is 0.712. The maximum atomic E-state index is 5.76. The third-order valence-corrected chi connectivity index (χ3v) is 3.49. The number of nitrogens with one attached hydrogen (secondary N) is 1. The molecule has 6 nitrogen and oxygen atoms in total. The van der Waals surface area contributed by atoms with Gasteiger partial charge in [-0.2, -0.15) is 14.7 Å². The molecule has 3 heterocycles. The van der Waals surface area contributed by atoms with Crippen molar-refractivity contribution in [3.05, 3.63) is 30.9 Å². The van der Waals surface area contributed by atoms with E-state index in [2.05, 4.69) is 20.3 Å². The second kappa shape index (κ2) is 5.73. The first-order chi connectivity index (χ1) is 9.86. The van der Waals surface area contributed by atoms with Crippen LogP contribution in [0.15, 0.2) is 30.9 Å². The molecule has 3 aromatic heterocycles. The number of rotatable bonds is 1. The predicted molar refractivity (Wildman–Crippen MR) is 78.1 cm³/mol. The number of H-pyrrole nitrogens is 1. The molecule has 3 aromatic rings. The Morgan fingerprint density at radius 3 is 2.50 bits per heavy atom. The van der Waals surface area contributed by atoms with Gasteiger partial charge in [-0.3, -0.25) is 5.10 Å². The summed E-state index contributed by atoms with van der Waals surface area (Å²) in [5.41, 5.74) is 8.35. The Hall–Kier alpha value is -2.37. The summed E-state index contributed by atoms with van der Waals surface area (Å²) >= 11 is 0. The number of hydrogen-bond donors (Lipinski definition) is 2. The van der Waals surface area contributed by atoms with Gasteiger partial charge in [0, 0.05) is 23.5 Å². The van der Waals surface area contributed by atoms with Crippen LogP contribution in [0.5, 0.6) is 0 Å². The van der Waals surface area contributed by atoms with E-state index in [0.29, 0.717) is 5.82 Å². The number of fused-ring (bicyclic) bond motifs is 1. The third-order valence-electron chi connectivity index (χ3n) is 3.49.